The molecule has 1 heterocycles. The van der Waals surface area contributed by atoms with Crippen LogP contribution in [0.25, 0.3) is 0 Å². The standard InChI is InChI=1S/C18H28N2O5/c1-8-23-13(21)11-24-14-12(20-16(22)25-18(5,6)7)9-10-19-15(14)17(2,3)4/h9-10H,8,11H2,1-7H3,(H,19,20,22). The molecule has 1 rings (SSSR count). The SMILES string of the molecule is CCOC(=O)COc1c(NC(=O)OC(C)(C)C)ccnc1C(C)(C)C. The highest BCUT2D eigenvalue weighted by atomic mass is 16.6. The number of hydrogen-bond donors (Lipinski definition) is 1. The number of carbonyl (C=O) groups excluding carboxylic acids is 2. The van der Waals surface area contributed by atoms with Gasteiger partial charge in [0, 0.05) is 11.6 Å². The van der Waals surface area contributed by atoms with Gasteiger partial charge in [0.15, 0.2) is 12.4 Å². The summed E-state index contributed by atoms with van der Waals surface area (Å²) in [5.74, 6) is -0.164. The zero-order valence-corrected chi connectivity index (χ0v) is 16.1. The lowest BCUT2D eigenvalue weighted by Gasteiger charge is -2.24. The van der Waals surface area contributed by atoms with Gasteiger partial charge in [-0.1, -0.05) is 20.8 Å². The van der Waals surface area contributed by atoms with Gasteiger partial charge in [-0.3, -0.25) is 10.3 Å². The fourth-order valence-corrected chi connectivity index (χ4v) is 1.97. The number of rotatable bonds is 5. The van der Waals surface area contributed by atoms with Crippen LogP contribution in [0, 0.1) is 0 Å². The summed E-state index contributed by atoms with van der Waals surface area (Å²) in [5.41, 5.74) is 0.0229. The number of esters is 1. The predicted octanol–water partition coefficient (Wildman–Crippen LogP) is 3.67. The summed E-state index contributed by atoms with van der Waals surface area (Å²) in [6, 6.07) is 1.60. The zero-order valence-electron chi connectivity index (χ0n) is 16.1. The Morgan fingerprint density at radius 2 is 1.80 bits per heavy atom. The summed E-state index contributed by atoms with van der Waals surface area (Å²) < 4.78 is 15.8. The number of amides is 1. The normalized spacial score (nSPS) is 11.6. The molecule has 7 nitrogen and oxygen atoms in total. The van der Waals surface area contributed by atoms with Gasteiger partial charge in [-0.2, -0.15) is 0 Å². The number of pyridine rings is 1. The molecule has 0 aliphatic rings. The summed E-state index contributed by atoms with van der Waals surface area (Å²) in [4.78, 5) is 28.0. The van der Waals surface area contributed by atoms with E-state index in [4.69, 9.17) is 14.2 Å². The molecule has 0 aliphatic carbocycles. The average Bonchev–Trinajstić information content (AvgIpc) is 2.42. The van der Waals surface area contributed by atoms with Crippen LogP contribution in [0.4, 0.5) is 10.5 Å². The Hall–Kier alpha value is -2.31. The highest BCUT2D eigenvalue weighted by Crippen LogP contribution is 2.35. The molecule has 140 valence electrons. The van der Waals surface area contributed by atoms with Crippen molar-refractivity contribution in [1.82, 2.24) is 4.98 Å². The lowest BCUT2D eigenvalue weighted by atomic mass is 9.90. The lowest BCUT2D eigenvalue weighted by molar-refractivity contribution is -0.145. The molecule has 1 aromatic heterocycles. The largest absolute Gasteiger partial charge is 0.478 e. The smallest absolute Gasteiger partial charge is 0.412 e. The van der Waals surface area contributed by atoms with E-state index in [9.17, 15) is 9.59 Å². The summed E-state index contributed by atoms with van der Waals surface area (Å²) in [6.45, 7) is 12.9. The average molecular weight is 352 g/mol. The Balaban J connectivity index is 3.10. The topological polar surface area (TPSA) is 86.8 Å². The monoisotopic (exact) mass is 352 g/mol. The number of ether oxygens (including phenoxy) is 3. The van der Waals surface area contributed by atoms with Gasteiger partial charge in [-0.25, -0.2) is 9.59 Å². The van der Waals surface area contributed by atoms with Crippen LogP contribution in [0.1, 0.15) is 54.2 Å². The van der Waals surface area contributed by atoms with Gasteiger partial charge in [0.1, 0.15) is 5.60 Å². The molecule has 0 saturated carbocycles. The Labute approximate surface area is 149 Å². The molecule has 0 spiro atoms. The van der Waals surface area contributed by atoms with Crippen molar-refractivity contribution in [2.24, 2.45) is 0 Å². The highest BCUT2D eigenvalue weighted by Gasteiger charge is 2.26. The van der Waals surface area contributed by atoms with Crippen LogP contribution in [0.15, 0.2) is 12.3 Å². The van der Waals surface area contributed by atoms with Crippen molar-refractivity contribution < 1.29 is 23.8 Å². The molecule has 0 fully saturated rings. The first kappa shape index (κ1) is 20.7. The first-order chi connectivity index (χ1) is 11.4. The van der Waals surface area contributed by atoms with Crippen molar-refractivity contribution in [3.63, 3.8) is 0 Å². The number of nitrogens with zero attached hydrogens (tertiary/aromatic N) is 1. The maximum atomic E-state index is 12.1. The Morgan fingerprint density at radius 1 is 1.16 bits per heavy atom. The van der Waals surface area contributed by atoms with E-state index in [0.29, 0.717) is 17.1 Å². The van der Waals surface area contributed by atoms with Crippen LogP contribution >= 0.6 is 0 Å². The van der Waals surface area contributed by atoms with Crippen molar-refractivity contribution in [2.75, 3.05) is 18.5 Å². The number of carbonyl (C=O) groups is 2. The maximum Gasteiger partial charge on any atom is 0.412 e. The van der Waals surface area contributed by atoms with Gasteiger partial charge in [0.2, 0.25) is 0 Å². The Kier molecular flexibility index (Phi) is 6.78. The predicted molar refractivity (Wildman–Crippen MR) is 94.9 cm³/mol. The Bertz CT molecular complexity index is 615. The quantitative estimate of drug-likeness (QED) is 0.814. The molecule has 0 radical (unpaired) electrons. The van der Waals surface area contributed by atoms with E-state index in [1.807, 2.05) is 20.8 Å². The second kappa shape index (κ2) is 8.18. The van der Waals surface area contributed by atoms with E-state index in [2.05, 4.69) is 10.3 Å². The molecular weight excluding hydrogens is 324 g/mol. The molecule has 0 aliphatic heterocycles. The molecule has 7 heteroatoms. The fourth-order valence-electron chi connectivity index (χ4n) is 1.97. The van der Waals surface area contributed by atoms with E-state index < -0.39 is 17.7 Å². The Morgan fingerprint density at radius 3 is 2.32 bits per heavy atom. The summed E-state index contributed by atoms with van der Waals surface area (Å²) in [5, 5.41) is 2.66. The molecule has 0 unspecified atom stereocenters. The minimum Gasteiger partial charge on any atom is -0.478 e. The van der Waals surface area contributed by atoms with E-state index >= 15 is 0 Å². The van der Waals surface area contributed by atoms with E-state index in [0.717, 1.165) is 0 Å². The van der Waals surface area contributed by atoms with Crippen LogP contribution in [0.2, 0.25) is 0 Å². The van der Waals surface area contributed by atoms with Crippen LogP contribution in [-0.2, 0) is 19.7 Å². The third kappa shape index (κ3) is 6.99. The molecule has 1 amide bonds. The van der Waals surface area contributed by atoms with Gasteiger partial charge < -0.3 is 14.2 Å². The molecule has 0 saturated heterocycles. The number of nitrogens with one attached hydrogen (secondary N) is 1. The van der Waals surface area contributed by atoms with Crippen molar-refractivity contribution in [2.45, 2.75) is 59.5 Å². The molecule has 1 N–H and O–H groups in total. The van der Waals surface area contributed by atoms with Crippen LogP contribution in [0.3, 0.4) is 0 Å². The first-order valence-corrected chi connectivity index (χ1v) is 8.22. The molecule has 0 atom stereocenters. The summed E-state index contributed by atoms with van der Waals surface area (Å²) in [7, 11) is 0. The number of aromatic nitrogens is 1. The minimum absolute atomic E-state index is 0.268. The zero-order chi connectivity index (χ0) is 19.3. The second-order valence-corrected chi connectivity index (χ2v) is 7.51. The minimum atomic E-state index is -0.629. The van der Waals surface area contributed by atoms with E-state index in [1.165, 1.54) is 0 Å². The van der Waals surface area contributed by atoms with Crippen LogP contribution < -0.4 is 10.1 Å². The summed E-state index contributed by atoms with van der Waals surface area (Å²) >= 11 is 0. The second-order valence-electron chi connectivity index (χ2n) is 7.51. The fraction of sp³-hybridized carbons (Fsp3) is 0.611. The molecule has 0 aromatic carbocycles. The van der Waals surface area contributed by atoms with E-state index in [-0.39, 0.29) is 18.6 Å². The third-order valence-electron chi connectivity index (χ3n) is 2.89. The van der Waals surface area contributed by atoms with Crippen LogP contribution in [0.5, 0.6) is 5.75 Å². The van der Waals surface area contributed by atoms with Crippen molar-refractivity contribution >= 4 is 17.7 Å². The third-order valence-corrected chi connectivity index (χ3v) is 2.89. The van der Waals surface area contributed by atoms with Gasteiger partial charge in [0.25, 0.3) is 0 Å². The molecule has 0 bridgehead atoms. The molecular formula is C18H28N2O5. The molecule has 25 heavy (non-hydrogen) atoms. The van der Waals surface area contributed by atoms with Crippen molar-refractivity contribution in [3.8, 4) is 5.75 Å². The maximum absolute atomic E-state index is 12.1. The highest BCUT2D eigenvalue weighted by molar-refractivity contribution is 5.87. The van der Waals surface area contributed by atoms with Crippen LogP contribution in [-0.4, -0.2) is 35.9 Å². The summed E-state index contributed by atoms with van der Waals surface area (Å²) in [6.07, 6.45) is 0.962. The number of hydrogen-bond acceptors (Lipinski definition) is 6. The molecule has 1 aromatic rings. The van der Waals surface area contributed by atoms with Crippen molar-refractivity contribution in [1.29, 1.82) is 0 Å². The van der Waals surface area contributed by atoms with Crippen molar-refractivity contribution in [3.05, 3.63) is 18.0 Å². The van der Waals surface area contributed by atoms with Gasteiger partial charge in [0.05, 0.1) is 18.0 Å². The van der Waals surface area contributed by atoms with Gasteiger partial charge >= 0.3 is 12.1 Å². The van der Waals surface area contributed by atoms with Gasteiger partial charge in [-0.15, -0.1) is 0 Å². The lowest BCUT2D eigenvalue weighted by Crippen LogP contribution is -2.28. The van der Waals surface area contributed by atoms with Gasteiger partial charge in [-0.05, 0) is 33.8 Å². The number of anilines is 1. The van der Waals surface area contributed by atoms with E-state index in [1.54, 1.807) is 40.0 Å². The first-order valence-electron chi connectivity index (χ1n) is 8.22.